The average Bonchev–Trinajstić information content (AvgIpc) is 3.90. The second-order valence-electron chi connectivity index (χ2n) is 13.7. The summed E-state index contributed by atoms with van der Waals surface area (Å²) in [6.45, 7) is 4.56. The Kier molecular flexibility index (Phi) is 7.59. The Morgan fingerprint density at radius 1 is 0.453 bits per heavy atom. The summed E-state index contributed by atoms with van der Waals surface area (Å²) in [5, 5.41) is 5.04. The van der Waals surface area contributed by atoms with E-state index in [1.54, 1.807) is 0 Å². The molecule has 53 heavy (non-hydrogen) atoms. The number of hydrogen-bond acceptors (Lipinski definition) is 1. The zero-order valence-electron chi connectivity index (χ0n) is 29.8. The van der Waals surface area contributed by atoms with Crippen molar-refractivity contribution in [1.82, 2.24) is 9.13 Å². The summed E-state index contributed by atoms with van der Waals surface area (Å²) in [6.07, 6.45) is 1.99. The summed E-state index contributed by atoms with van der Waals surface area (Å²) in [4.78, 5) is 1.44. The molecule has 10 aromatic rings. The second-order valence-corrected chi connectivity index (χ2v) is 14.7. The first-order chi connectivity index (χ1) is 26.2. The number of para-hydroxylation sites is 5. The minimum absolute atomic E-state index is 0.966. The first kappa shape index (κ1) is 31.5. The number of aryl methyl sites for hydroxylation is 1. The van der Waals surface area contributed by atoms with Crippen LogP contribution in [0, 0.1) is 0 Å². The van der Waals surface area contributed by atoms with Crippen LogP contribution < -0.4 is 4.57 Å². The number of benzene rings is 7. The zero-order valence-corrected chi connectivity index (χ0v) is 30.6. The van der Waals surface area contributed by atoms with Crippen molar-refractivity contribution in [3.8, 4) is 39.3 Å². The topological polar surface area (TPSA) is 13.7 Å². The molecule has 0 aliphatic rings. The standard InChI is InChI=1S/C49H38N3S/c1-3-43-48(4-2)53-32-50(43)49-37(33-26-28-46-41(30-33)39-20-11-13-24-44(39)51(46)35-16-7-5-8-17-35)22-15-23-38(49)34-27-29-47-42(31-34)40-21-12-14-25-45(40)52(47)36-18-9-6-10-19-36/h5-32H,3-4H2,1-2H3/q+1. The molecule has 3 nitrogen and oxygen atoms in total. The Bertz CT molecular complexity index is 2790. The third-order valence-electron chi connectivity index (χ3n) is 10.8. The molecular formula is C49H38N3S+. The van der Waals surface area contributed by atoms with Gasteiger partial charge >= 0.3 is 0 Å². The van der Waals surface area contributed by atoms with Crippen LogP contribution in [0.1, 0.15) is 24.4 Å². The van der Waals surface area contributed by atoms with Crippen LogP contribution in [0.25, 0.3) is 82.9 Å². The van der Waals surface area contributed by atoms with Crippen molar-refractivity contribution in [2.75, 3.05) is 0 Å². The van der Waals surface area contributed by atoms with Crippen LogP contribution in [0.3, 0.4) is 0 Å². The number of fused-ring (bicyclic) bond motifs is 6. The highest BCUT2D eigenvalue weighted by Crippen LogP contribution is 2.41. The van der Waals surface area contributed by atoms with Crippen molar-refractivity contribution in [2.45, 2.75) is 26.7 Å². The molecule has 0 N–H and O–H groups in total. The third kappa shape index (κ3) is 4.97. The molecule has 0 atom stereocenters. The maximum atomic E-state index is 2.49. The average molecular weight is 701 g/mol. The van der Waals surface area contributed by atoms with Gasteiger partial charge in [-0.25, -0.2) is 0 Å². The van der Waals surface area contributed by atoms with Gasteiger partial charge in [0.25, 0.3) is 0 Å². The summed E-state index contributed by atoms with van der Waals surface area (Å²) >= 11 is 1.87. The molecule has 3 heterocycles. The van der Waals surface area contributed by atoms with Gasteiger partial charge in [0.2, 0.25) is 16.9 Å². The molecule has 7 aromatic carbocycles. The highest BCUT2D eigenvalue weighted by Gasteiger charge is 2.28. The van der Waals surface area contributed by atoms with Crippen LogP contribution in [0.4, 0.5) is 0 Å². The molecule has 0 fully saturated rings. The number of aromatic nitrogens is 3. The van der Waals surface area contributed by atoms with E-state index in [9.17, 15) is 0 Å². The lowest BCUT2D eigenvalue weighted by Crippen LogP contribution is -2.34. The fraction of sp³-hybridized carbons (Fsp3) is 0.0816. The monoisotopic (exact) mass is 700 g/mol. The van der Waals surface area contributed by atoms with Crippen LogP contribution in [-0.2, 0) is 12.8 Å². The number of rotatable bonds is 7. The normalized spacial score (nSPS) is 11.7. The van der Waals surface area contributed by atoms with Crippen LogP contribution in [0.2, 0.25) is 0 Å². The van der Waals surface area contributed by atoms with Gasteiger partial charge < -0.3 is 9.13 Å². The number of thiazole rings is 1. The molecule has 0 saturated heterocycles. The molecule has 0 unspecified atom stereocenters. The van der Waals surface area contributed by atoms with Crippen molar-refractivity contribution in [3.63, 3.8) is 0 Å². The number of hydrogen-bond donors (Lipinski definition) is 0. The molecule has 0 bridgehead atoms. The first-order valence-corrected chi connectivity index (χ1v) is 19.4. The van der Waals surface area contributed by atoms with Crippen LogP contribution in [-0.4, -0.2) is 9.13 Å². The second kappa shape index (κ2) is 12.8. The molecule has 0 amide bonds. The molecule has 0 aliphatic heterocycles. The van der Waals surface area contributed by atoms with Crippen molar-refractivity contribution in [2.24, 2.45) is 0 Å². The minimum Gasteiger partial charge on any atom is -0.309 e. The van der Waals surface area contributed by atoms with Crippen molar-refractivity contribution >= 4 is 54.9 Å². The predicted molar refractivity (Wildman–Crippen MR) is 224 cm³/mol. The zero-order chi connectivity index (χ0) is 35.5. The lowest BCUT2D eigenvalue weighted by atomic mass is 9.93. The fourth-order valence-electron chi connectivity index (χ4n) is 8.49. The lowest BCUT2D eigenvalue weighted by Gasteiger charge is -2.13. The van der Waals surface area contributed by atoms with Crippen LogP contribution in [0.15, 0.2) is 169 Å². The van der Waals surface area contributed by atoms with Gasteiger partial charge in [0, 0.05) is 39.3 Å². The Morgan fingerprint density at radius 3 is 1.42 bits per heavy atom. The van der Waals surface area contributed by atoms with Gasteiger partial charge in [0.15, 0.2) is 0 Å². The Morgan fingerprint density at radius 2 is 0.925 bits per heavy atom. The summed E-state index contributed by atoms with van der Waals surface area (Å²) in [7, 11) is 0. The highest BCUT2D eigenvalue weighted by molar-refractivity contribution is 7.09. The molecule has 3 aromatic heterocycles. The maximum Gasteiger partial charge on any atom is 0.231 e. The molecule has 254 valence electrons. The quantitative estimate of drug-likeness (QED) is 0.147. The Labute approximate surface area is 313 Å². The molecule has 0 radical (unpaired) electrons. The molecule has 0 spiro atoms. The van der Waals surface area contributed by atoms with E-state index in [1.807, 2.05) is 11.3 Å². The summed E-state index contributed by atoms with van der Waals surface area (Å²) in [5.41, 5.74) is 17.0. The van der Waals surface area contributed by atoms with E-state index in [0.29, 0.717) is 0 Å². The van der Waals surface area contributed by atoms with Gasteiger partial charge in [-0.2, -0.15) is 4.57 Å². The van der Waals surface area contributed by atoms with E-state index in [2.05, 4.69) is 197 Å². The fourth-order valence-corrected chi connectivity index (χ4v) is 9.50. The SMILES string of the molecule is CCc1sc[n+](-c2c(-c3ccc4c(c3)c3ccccc3n4-c3ccccc3)cccc2-c2ccc3c(c2)c2ccccc2n3-c2ccccc2)c1CC. The van der Waals surface area contributed by atoms with Crippen LogP contribution in [0.5, 0.6) is 0 Å². The Hall–Kier alpha value is -6.23. The minimum atomic E-state index is 0.966. The summed E-state index contributed by atoms with van der Waals surface area (Å²) in [5.74, 6) is 0. The molecular weight excluding hydrogens is 663 g/mol. The van der Waals surface area contributed by atoms with Gasteiger partial charge in [-0.15, -0.1) is 0 Å². The van der Waals surface area contributed by atoms with Crippen molar-refractivity contribution in [3.05, 3.63) is 180 Å². The van der Waals surface area contributed by atoms with Crippen LogP contribution >= 0.6 is 11.3 Å². The van der Waals surface area contributed by atoms with E-state index < -0.39 is 0 Å². The van der Waals surface area contributed by atoms with Crippen molar-refractivity contribution < 1.29 is 4.57 Å². The third-order valence-corrected chi connectivity index (χ3v) is 12.0. The Balaban J connectivity index is 1.23. The summed E-state index contributed by atoms with van der Waals surface area (Å²) < 4.78 is 7.27. The van der Waals surface area contributed by atoms with Gasteiger partial charge in [-0.05, 0) is 90.3 Å². The van der Waals surface area contributed by atoms with E-state index in [1.165, 1.54) is 93.5 Å². The maximum absolute atomic E-state index is 2.49. The predicted octanol–water partition coefficient (Wildman–Crippen LogP) is 12.7. The smallest absolute Gasteiger partial charge is 0.231 e. The number of nitrogens with zero attached hydrogens (tertiary/aromatic N) is 3. The largest absolute Gasteiger partial charge is 0.309 e. The summed E-state index contributed by atoms with van der Waals surface area (Å²) in [6, 6.07) is 60.0. The first-order valence-electron chi connectivity index (χ1n) is 18.6. The van der Waals surface area contributed by atoms with Gasteiger partial charge in [0.05, 0.1) is 38.1 Å². The van der Waals surface area contributed by atoms with Gasteiger partial charge in [-0.3, -0.25) is 0 Å². The van der Waals surface area contributed by atoms with Gasteiger partial charge in [0.1, 0.15) is 0 Å². The van der Waals surface area contributed by atoms with E-state index in [0.717, 1.165) is 12.8 Å². The van der Waals surface area contributed by atoms with E-state index in [4.69, 9.17) is 0 Å². The highest BCUT2D eigenvalue weighted by atomic mass is 32.1. The van der Waals surface area contributed by atoms with Crippen molar-refractivity contribution in [1.29, 1.82) is 0 Å². The molecule has 4 heteroatoms. The molecule has 10 rings (SSSR count). The van der Waals surface area contributed by atoms with E-state index >= 15 is 0 Å². The lowest BCUT2D eigenvalue weighted by molar-refractivity contribution is -0.597. The van der Waals surface area contributed by atoms with Gasteiger partial charge in [-0.1, -0.05) is 116 Å². The molecule has 0 saturated carbocycles. The molecule has 0 aliphatic carbocycles. The van der Waals surface area contributed by atoms with E-state index in [-0.39, 0.29) is 0 Å².